The third-order valence-corrected chi connectivity index (χ3v) is 3.41. The zero-order chi connectivity index (χ0) is 18.1. The molecule has 0 bridgehead atoms. The van der Waals surface area contributed by atoms with Crippen LogP contribution in [0.5, 0.6) is 0 Å². The molecule has 0 fully saturated rings. The van der Waals surface area contributed by atoms with Gasteiger partial charge in [0.1, 0.15) is 6.04 Å². The molecule has 0 aliphatic carbocycles. The van der Waals surface area contributed by atoms with Crippen molar-refractivity contribution in [2.24, 2.45) is 5.92 Å². The van der Waals surface area contributed by atoms with Crippen molar-refractivity contribution in [1.82, 2.24) is 5.32 Å². The highest BCUT2D eigenvalue weighted by Gasteiger charge is 2.23. The van der Waals surface area contributed by atoms with E-state index in [2.05, 4.69) is 10.1 Å². The number of rotatable bonds is 8. The molecule has 0 heterocycles. The van der Waals surface area contributed by atoms with Crippen LogP contribution in [0.25, 0.3) is 0 Å². The normalized spacial score (nSPS) is 11.7. The first kappa shape index (κ1) is 20.0. The fourth-order valence-electron chi connectivity index (χ4n) is 2.03. The lowest BCUT2D eigenvalue weighted by Gasteiger charge is -2.18. The lowest BCUT2D eigenvalue weighted by molar-refractivity contribution is -0.150. The number of esters is 2. The van der Waals surface area contributed by atoms with E-state index in [4.69, 9.17) is 16.3 Å². The maximum absolute atomic E-state index is 11.8. The minimum Gasteiger partial charge on any atom is -0.467 e. The number of halogens is 1. The summed E-state index contributed by atoms with van der Waals surface area (Å²) in [4.78, 5) is 35.2. The number of benzene rings is 1. The number of ether oxygens (including phenoxy) is 2. The second kappa shape index (κ2) is 9.93. The van der Waals surface area contributed by atoms with Gasteiger partial charge >= 0.3 is 11.9 Å². The monoisotopic (exact) mass is 355 g/mol. The Balaban J connectivity index is 2.44. The van der Waals surface area contributed by atoms with Crippen molar-refractivity contribution in [1.29, 1.82) is 0 Å². The molecule has 0 saturated heterocycles. The van der Waals surface area contributed by atoms with Crippen LogP contribution in [0.1, 0.15) is 25.8 Å². The van der Waals surface area contributed by atoms with E-state index in [0.29, 0.717) is 11.4 Å². The van der Waals surface area contributed by atoms with Crippen LogP contribution in [0.15, 0.2) is 24.3 Å². The Kier molecular flexibility index (Phi) is 8.26. The van der Waals surface area contributed by atoms with E-state index in [1.165, 1.54) is 7.11 Å². The Morgan fingerprint density at radius 3 is 2.33 bits per heavy atom. The predicted octanol–water partition coefficient (Wildman–Crippen LogP) is 2.13. The molecule has 1 rings (SSSR count). The van der Waals surface area contributed by atoms with Crippen LogP contribution in [0.2, 0.25) is 5.02 Å². The Hall–Kier alpha value is -2.08. The highest BCUT2D eigenvalue weighted by atomic mass is 35.5. The van der Waals surface area contributed by atoms with Gasteiger partial charge < -0.3 is 14.8 Å². The lowest BCUT2D eigenvalue weighted by atomic mass is 10.0. The molecule has 1 aromatic rings. The van der Waals surface area contributed by atoms with Gasteiger partial charge in [0.05, 0.1) is 13.5 Å². The van der Waals surface area contributed by atoms with Crippen LogP contribution in [0, 0.1) is 5.92 Å². The zero-order valence-electron chi connectivity index (χ0n) is 14.0. The maximum atomic E-state index is 11.8. The maximum Gasteiger partial charge on any atom is 0.328 e. The van der Waals surface area contributed by atoms with E-state index in [0.717, 1.165) is 5.56 Å². The van der Waals surface area contributed by atoms with Crippen LogP contribution < -0.4 is 5.32 Å². The quantitative estimate of drug-likeness (QED) is 0.722. The summed E-state index contributed by atoms with van der Waals surface area (Å²) in [5.74, 6) is -1.41. The van der Waals surface area contributed by atoms with Gasteiger partial charge in [-0.1, -0.05) is 37.6 Å². The largest absolute Gasteiger partial charge is 0.467 e. The van der Waals surface area contributed by atoms with Crippen molar-refractivity contribution in [3.8, 4) is 0 Å². The number of carbonyl (C=O) groups excluding carboxylic acids is 3. The number of methoxy groups -OCH3 is 1. The molecule has 7 heteroatoms. The summed E-state index contributed by atoms with van der Waals surface area (Å²) in [7, 11) is 1.26. The Morgan fingerprint density at radius 2 is 1.79 bits per heavy atom. The smallest absolute Gasteiger partial charge is 0.328 e. The van der Waals surface area contributed by atoms with Crippen molar-refractivity contribution in [3.05, 3.63) is 34.9 Å². The van der Waals surface area contributed by atoms with Crippen LogP contribution in [0.3, 0.4) is 0 Å². The van der Waals surface area contributed by atoms with Crippen LogP contribution >= 0.6 is 11.6 Å². The van der Waals surface area contributed by atoms with Crippen LogP contribution in [-0.4, -0.2) is 37.6 Å². The summed E-state index contributed by atoms with van der Waals surface area (Å²) in [6.45, 7) is 3.40. The Bertz CT molecular complexity index is 571. The van der Waals surface area contributed by atoms with E-state index in [-0.39, 0.29) is 12.3 Å². The van der Waals surface area contributed by atoms with Crippen molar-refractivity contribution >= 4 is 29.4 Å². The summed E-state index contributed by atoms with van der Waals surface area (Å²) in [6.07, 6.45) is 0.480. The fourth-order valence-corrected chi connectivity index (χ4v) is 2.16. The van der Waals surface area contributed by atoms with Gasteiger partial charge in [0, 0.05) is 5.02 Å². The topological polar surface area (TPSA) is 81.7 Å². The second-order valence-electron chi connectivity index (χ2n) is 5.74. The zero-order valence-corrected chi connectivity index (χ0v) is 14.8. The molecule has 0 aromatic heterocycles. The minimum atomic E-state index is -0.752. The van der Waals surface area contributed by atoms with E-state index in [1.807, 2.05) is 13.8 Å². The fraction of sp³-hybridized carbons (Fsp3) is 0.471. The van der Waals surface area contributed by atoms with Crippen molar-refractivity contribution in [3.63, 3.8) is 0 Å². The second-order valence-corrected chi connectivity index (χ2v) is 6.17. The SMILES string of the molecule is COC(=O)[C@H](CC(C)C)NC(=O)COC(=O)Cc1ccc(Cl)cc1. The van der Waals surface area contributed by atoms with Crippen molar-refractivity contribution in [2.75, 3.05) is 13.7 Å². The molecule has 132 valence electrons. The first-order chi connectivity index (χ1) is 11.3. The highest BCUT2D eigenvalue weighted by molar-refractivity contribution is 6.30. The number of nitrogens with one attached hydrogen (secondary N) is 1. The van der Waals surface area contributed by atoms with Crippen LogP contribution in [0.4, 0.5) is 0 Å². The predicted molar refractivity (Wildman–Crippen MR) is 89.5 cm³/mol. The molecule has 0 radical (unpaired) electrons. The first-order valence-electron chi connectivity index (χ1n) is 7.59. The molecule has 1 atom stereocenters. The van der Waals surface area contributed by atoms with E-state index < -0.39 is 30.5 Å². The molecule has 1 N–H and O–H groups in total. The molecule has 1 aromatic carbocycles. The summed E-state index contributed by atoms with van der Waals surface area (Å²) in [6, 6.07) is 6.00. The van der Waals surface area contributed by atoms with Gasteiger partial charge in [-0.25, -0.2) is 4.79 Å². The van der Waals surface area contributed by atoms with Gasteiger partial charge in [0.25, 0.3) is 5.91 Å². The van der Waals surface area contributed by atoms with Crippen molar-refractivity contribution in [2.45, 2.75) is 32.7 Å². The molecule has 0 aliphatic heterocycles. The number of hydrogen-bond acceptors (Lipinski definition) is 5. The van der Waals surface area contributed by atoms with Gasteiger partial charge in [-0.2, -0.15) is 0 Å². The molecule has 6 nitrogen and oxygen atoms in total. The summed E-state index contributed by atoms with van der Waals surface area (Å²) in [5.41, 5.74) is 0.733. The molecular formula is C17H22ClNO5. The molecule has 0 unspecified atom stereocenters. The number of carbonyl (C=O) groups is 3. The van der Waals surface area contributed by atoms with Crippen LogP contribution in [-0.2, 0) is 30.3 Å². The van der Waals surface area contributed by atoms with E-state index in [1.54, 1.807) is 24.3 Å². The number of hydrogen-bond donors (Lipinski definition) is 1. The summed E-state index contributed by atoms with van der Waals surface area (Å²) >= 11 is 5.77. The molecule has 0 spiro atoms. The van der Waals surface area contributed by atoms with E-state index in [9.17, 15) is 14.4 Å². The lowest BCUT2D eigenvalue weighted by Crippen LogP contribution is -2.44. The Morgan fingerprint density at radius 1 is 1.17 bits per heavy atom. The van der Waals surface area contributed by atoms with Gasteiger partial charge in [-0.15, -0.1) is 0 Å². The van der Waals surface area contributed by atoms with Gasteiger partial charge in [-0.05, 0) is 30.0 Å². The third-order valence-electron chi connectivity index (χ3n) is 3.15. The average molecular weight is 356 g/mol. The molecule has 0 saturated carbocycles. The molecular weight excluding hydrogens is 334 g/mol. The van der Waals surface area contributed by atoms with E-state index >= 15 is 0 Å². The van der Waals surface area contributed by atoms with Gasteiger partial charge in [0.2, 0.25) is 0 Å². The van der Waals surface area contributed by atoms with Gasteiger partial charge in [0.15, 0.2) is 6.61 Å². The molecule has 24 heavy (non-hydrogen) atoms. The summed E-state index contributed by atoms with van der Waals surface area (Å²) < 4.78 is 9.58. The standard InChI is InChI=1S/C17H22ClNO5/c1-11(2)8-14(17(22)23-3)19-15(20)10-24-16(21)9-12-4-6-13(18)7-5-12/h4-7,11,14H,8-10H2,1-3H3,(H,19,20)/t14-/m0/s1. The van der Waals surface area contributed by atoms with Gasteiger partial charge in [-0.3, -0.25) is 9.59 Å². The first-order valence-corrected chi connectivity index (χ1v) is 7.97. The average Bonchev–Trinajstić information content (AvgIpc) is 2.53. The van der Waals surface area contributed by atoms with Crippen molar-refractivity contribution < 1.29 is 23.9 Å². The number of amides is 1. The Labute approximate surface area is 146 Å². The molecule has 1 amide bonds. The molecule has 0 aliphatic rings. The third kappa shape index (κ3) is 7.46. The summed E-state index contributed by atoms with van der Waals surface area (Å²) in [5, 5.41) is 3.09. The minimum absolute atomic E-state index is 0.0386. The highest BCUT2D eigenvalue weighted by Crippen LogP contribution is 2.10.